The highest BCUT2D eigenvalue weighted by Crippen LogP contribution is 2.29. The summed E-state index contributed by atoms with van der Waals surface area (Å²) in [6.45, 7) is 1.50. The van der Waals surface area contributed by atoms with Gasteiger partial charge in [0, 0.05) is 6.04 Å². The van der Waals surface area contributed by atoms with Crippen molar-refractivity contribution >= 4 is 21.2 Å². The number of benzene rings is 1. The fourth-order valence-electron chi connectivity index (χ4n) is 2.07. The molecule has 104 valence electrons. The molecule has 1 aliphatic rings. The van der Waals surface area contributed by atoms with Crippen LogP contribution in [0.5, 0.6) is 0 Å². The lowest BCUT2D eigenvalue weighted by molar-refractivity contribution is -0.384. The van der Waals surface area contributed by atoms with Crippen LogP contribution < -0.4 is 5.32 Å². The average Bonchev–Trinajstić information content (AvgIpc) is 2.62. The Hall–Kier alpha value is -1.70. The lowest BCUT2D eigenvalue weighted by Gasteiger charge is -2.13. The van der Waals surface area contributed by atoms with E-state index in [0.717, 1.165) is 6.07 Å². The van der Waals surface area contributed by atoms with Crippen LogP contribution in [0.3, 0.4) is 0 Å². The molecule has 0 aromatic heterocycles. The van der Waals surface area contributed by atoms with Gasteiger partial charge in [0.15, 0.2) is 9.84 Å². The predicted molar refractivity (Wildman–Crippen MR) is 68.5 cm³/mol. The van der Waals surface area contributed by atoms with E-state index in [1.165, 1.54) is 13.0 Å². The average molecular weight is 288 g/mol. The van der Waals surface area contributed by atoms with Crippen LogP contribution in [-0.4, -0.2) is 30.9 Å². The minimum absolute atomic E-state index is 0.0550. The summed E-state index contributed by atoms with van der Waals surface area (Å²) in [5.74, 6) is -0.643. The molecule has 1 atom stereocenters. The number of nitrogens with zero attached hydrogens (tertiary/aromatic N) is 1. The van der Waals surface area contributed by atoms with Crippen LogP contribution in [0.1, 0.15) is 12.0 Å². The maximum atomic E-state index is 13.3. The Bertz CT molecular complexity index is 630. The highest BCUT2D eigenvalue weighted by Gasteiger charge is 2.29. The van der Waals surface area contributed by atoms with E-state index in [1.54, 1.807) is 0 Å². The summed E-state index contributed by atoms with van der Waals surface area (Å²) in [4.78, 5) is 10.2. The van der Waals surface area contributed by atoms with Crippen molar-refractivity contribution < 1.29 is 17.7 Å². The highest BCUT2D eigenvalue weighted by atomic mass is 32.2. The Morgan fingerprint density at radius 2 is 2.16 bits per heavy atom. The number of sulfone groups is 1. The Kier molecular flexibility index (Phi) is 3.44. The normalized spacial score (nSPS) is 21.3. The molecule has 1 aromatic carbocycles. The molecule has 0 bridgehead atoms. The SMILES string of the molecule is Cc1cc(NC2CCS(=O)(=O)C2)c([N+](=O)[O-])cc1F. The minimum atomic E-state index is -3.07. The van der Waals surface area contributed by atoms with Gasteiger partial charge in [0.2, 0.25) is 0 Å². The fourth-order valence-corrected chi connectivity index (χ4v) is 3.74. The molecule has 0 radical (unpaired) electrons. The number of hydrogen-bond acceptors (Lipinski definition) is 5. The minimum Gasteiger partial charge on any atom is -0.376 e. The van der Waals surface area contributed by atoms with E-state index in [-0.39, 0.29) is 34.5 Å². The second-order valence-corrected chi connectivity index (χ2v) is 6.85. The Morgan fingerprint density at radius 1 is 1.47 bits per heavy atom. The fraction of sp³-hybridized carbons (Fsp3) is 0.455. The lowest BCUT2D eigenvalue weighted by atomic mass is 10.1. The summed E-state index contributed by atoms with van der Waals surface area (Å²) in [5, 5.41) is 13.7. The number of halogens is 1. The number of aryl methyl sites for hydroxylation is 1. The van der Waals surface area contributed by atoms with E-state index < -0.39 is 20.6 Å². The molecule has 0 aliphatic carbocycles. The Morgan fingerprint density at radius 3 is 2.68 bits per heavy atom. The van der Waals surface area contributed by atoms with E-state index in [2.05, 4.69) is 5.32 Å². The number of hydrogen-bond donors (Lipinski definition) is 1. The quantitative estimate of drug-likeness (QED) is 0.674. The molecular weight excluding hydrogens is 275 g/mol. The Balaban J connectivity index is 2.29. The number of nitro groups is 1. The zero-order chi connectivity index (χ0) is 14.2. The molecule has 6 nitrogen and oxygen atoms in total. The summed E-state index contributed by atoms with van der Waals surface area (Å²) in [7, 11) is -3.07. The number of rotatable bonds is 3. The molecule has 1 unspecified atom stereocenters. The zero-order valence-corrected chi connectivity index (χ0v) is 11.0. The van der Waals surface area contributed by atoms with Gasteiger partial charge in [-0.15, -0.1) is 0 Å². The molecule has 0 saturated carbocycles. The van der Waals surface area contributed by atoms with E-state index in [9.17, 15) is 22.9 Å². The maximum absolute atomic E-state index is 13.3. The van der Waals surface area contributed by atoms with E-state index in [1.807, 2.05) is 0 Å². The maximum Gasteiger partial charge on any atom is 0.295 e. The van der Waals surface area contributed by atoms with Gasteiger partial charge in [0.25, 0.3) is 5.69 Å². The molecule has 0 spiro atoms. The van der Waals surface area contributed by atoms with Crippen molar-refractivity contribution in [2.24, 2.45) is 0 Å². The first-order valence-electron chi connectivity index (χ1n) is 5.70. The summed E-state index contributed by atoms with van der Waals surface area (Å²) in [6.07, 6.45) is 0.399. The monoisotopic (exact) mass is 288 g/mol. The summed E-state index contributed by atoms with van der Waals surface area (Å²) in [5.41, 5.74) is 0.0485. The van der Waals surface area contributed by atoms with Crippen molar-refractivity contribution in [3.63, 3.8) is 0 Å². The van der Waals surface area contributed by atoms with Crippen LogP contribution in [0.25, 0.3) is 0 Å². The predicted octanol–water partition coefficient (Wildman–Crippen LogP) is 1.64. The molecule has 0 amide bonds. The van der Waals surface area contributed by atoms with Crippen LogP contribution in [0.15, 0.2) is 12.1 Å². The molecule has 1 fully saturated rings. The zero-order valence-electron chi connectivity index (χ0n) is 10.2. The Labute approximate surface area is 109 Å². The summed E-state index contributed by atoms with van der Waals surface area (Å²) in [6, 6.07) is 1.81. The molecular formula is C11H13FN2O4S. The van der Waals surface area contributed by atoms with Crippen molar-refractivity contribution in [3.8, 4) is 0 Å². The van der Waals surface area contributed by atoms with Gasteiger partial charge in [-0.3, -0.25) is 10.1 Å². The van der Waals surface area contributed by atoms with Crippen LogP contribution in [0.4, 0.5) is 15.8 Å². The van der Waals surface area contributed by atoms with Gasteiger partial charge in [-0.1, -0.05) is 0 Å². The van der Waals surface area contributed by atoms with E-state index in [0.29, 0.717) is 6.42 Å². The van der Waals surface area contributed by atoms with Crippen molar-refractivity contribution in [1.29, 1.82) is 0 Å². The molecule has 19 heavy (non-hydrogen) atoms. The van der Waals surface area contributed by atoms with Crippen molar-refractivity contribution in [1.82, 2.24) is 0 Å². The van der Waals surface area contributed by atoms with Gasteiger partial charge in [-0.25, -0.2) is 12.8 Å². The van der Waals surface area contributed by atoms with E-state index >= 15 is 0 Å². The van der Waals surface area contributed by atoms with Crippen molar-refractivity contribution in [2.75, 3.05) is 16.8 Å². The molecule has 1 N–H and O–H groups in total. The number of anilines is 1. The third-order valence-corrected chi connectivity index (χ3v) is 4.83. The topological polar surface area (TPSA) is 89.3 Å². The van der Waals surface area contributed by atoms with Gasteiger partial charge < -0.3 is 5.32 Å². The number of nitro benzene ring substituents is 1. The van der Waals surface area contributed by atoms with Gasteiger partial charge in [0.1, 0.15) is 11.5 Å². The third kappa shape index (κ3) is 3.01. The van der Waals surface area contributed by atoms with Crippen LogP contribution in [0, 0.1) is 22.9 Å². The van der Waals surface area contributed by atoms with Gasteiger partial charge in [-0.2, -0.15) is 0 Å². The van der Waals surface area contributed by atoms with Gasteiger partial charge >= 0.3 is 0 Å². The molecule has 8 heteroatoms. The molecule has 1 saturated heterocycles. The lowest BCUT2D eigenvalue weighted by Crippen LogP contribution is -2.21. The second-order valence-electron chi connectivity index (χ2n) is 4.62. The molecule has 2 rings (SSSR count). The smallest absolute Gasteiger partial charge is 0.295 e. The van der Waals surface area contributed by atoms with E-state index in [4.69, 9.17) is 0 Å². The largest absolute Gasteiger partial charge is 0.376 e. The molecule has 1 aliphatic heterocycles. The first kappa shape index (κ1) is 13.7. The standard InChI is InChI=1S/C11H13FN2O4S/c1-7-4-10(11(14(15)16)5-9(7)12)13-8-2-3-19(17,18)6-8/h4-5,8,13H,2-3,6H2,1H3. The van der Waals surface area contributed by atoms with Gasteiger partial charge in [0.05, 0.1) is 22.5 Å². The summed E-state index contributed by atoms with van der Waals surface area (Å²) >= 11 is 0. The van der Waals surface area contributed by atoms with Crippen LogP contribution in [-0.2, 0) is 9.84 Å². The number of nitrogens with one attached hydrogen (secondary N) is 1. The third-order valence-electron chi connectivity index (χ3n) is 3.07. The van der Waals surface area contributed by atoms with Gasteiger partial charge in [-0.05, 0) is 25.0 Å². The molecule has 1 aromatic rings. The summed E-state index contributed by atoms with van der Waals surface area (Å²) < 4.78 is 36.0. The van der Waals surface area contributed by atoms with Crippen molar-refractivity contribution in [2.45, 2.75) is 19.4 Å². The van der Waals surface area contributed by atoms with Crippen LogP contribution >= 0.6 is 0 Å². The van der Waals surface area contributed by atoms with Crippen molar-refractivity contribution in [3.05, 3.63) is 33.6 Å². The first-order chi connectivity index (χ1) is 8.78. The van der Waals surface area contributed by atoms with Crippen LogP contribution in [0.2, 0.25) is 0 Å². The second kappa shape index (κ2) is 4.76. The first-order valence-corrected chi connectivity index (χ1v) is 7.52. The highest BCUT2D eigenvalue weighted by molar-refractivity contribution is 7.91. The molecule has 1 heterocycles.